The van der Waals surface area contributed by atoms with Crippen molar-refractivity contribution in [2.45, 2.75) is 19.3 Å². The van der Waals surface area contributed by atoms with Crippen molar-refractivity contribution in [3.05, 3.63) is 64.7 Å². The molecule has 0 aliphatic heterocycles. The molecule has 0 aromatic heterocycles. The van der Waals surface area contributed by atoms with Crippen LogP contribution in [-0.2, 0) is 17.6 Å². The molecule has 4 nitrogen and oxygen atoms in total. The van der Waals surface area contributed by atoms with Crippen LogP contribution in [0.25, 0.3) is 0 Å². The van der Waals surface area contributed by atoms with Crippen LogP contribution in [0.2, 0.25) is 0 Å². The van der Waals surface area contributed by atoms with Gasteiger partial charge in [0.2, 0.25) is 0 Å². The summed E-state index contributed by atoms with van der Waals surface area (Å²) in [6.07, 6.45) is 3.38. The summed E-state index contributed by atoms with van der Waals surface area (Å²) < 4.78 is 4.64. The van der Waals surface area contributed by atoms with E-state index in [-0.39, 0.29) is 5.91 Å². The number of rotatable bonds is 3. The molecule has 0 saturated carbocycles. The molecule has 0 spiro atoms. The lowest BCUT2D eigenvalue weighted by Gasteiger charge is -2.08. The smallest absolute Gasteiger partial charge is 0.337 e. The Labute approximate surface area is 129 Å². The molecule has 0 heterocycles. The average Bonchev–Trinajstić information content (AvgIpc) is 3.02. The number of fused-ring (bicyclic) bond motifs is 1. The monoisotopic (exact) mass is 295 g/mol. The number of esters is 1. The van der Waals surface area contributed by atoms with E-state index in [1.54, 1.807) is 24.3 Å². The van der Waals surface area contributed by atoms with Crippen molar-refractivity contribution in [1.29, 1.82) is 0 Å². The highest BCUT2D eigenvalue weighted by Gasteiger charge is 2.13. The maximum Gasteiger partial charge on any atom is 0.337 e. The number of benzene rings is 2. The lowest BCUT2D eigenvalue weighted by Crippen LogP contribution is -2.12. The first-order chi connectivity index (χ1) is 10.7. The summed E-state index contributed by atoms with van der Waals surface area (Å²) in [6, 6.07) is 12.5. The van der Waals surface area contributed by atoms with Gasteiger partial charge in [-0.1, -0.05) is 6.07 Å². The van der Waals surface area contributed by atoms with Gasteiger partial charge in [-0.3, -0.25) is 4.79 Å². The van der Waals surface area contributed by atoms with Gasteiger partial charge in [-0.05, 0) is 66.8 Å². The van der Waals surface area contributed by atoms with Crippen LogP contribution >= 0.6 is 0 Å². The van der Waals surface area contributed by atoms with Crippen molar-refractivity contribution in [2.75, 3.05) is 12.4 Å². The Hall–Kier alpha value is -2.62. The number of carbonyl (C=O) groups excluding carboxylic acids is 2. The van der Waals surface area contributed by atoms with Gasteiger partial charge in [-0.2, -0.15) is 0 Å². The summed E-state index contributed by atoms with van der Waals surface area (Å²) in [7, 11) is 1.33. The molecule has 1 aliphatic rings. The van der Waals surface area contributed by atoms with Gasteiger partial charge in [0.05, 0.1) is 12.7 Å². The van der Waals surface area contributed by atoms with Crippen LogP contribution in [0.1, 0.15) is 38.3 Å². The first kappa shape index (κ1) is 14.3. The van der Waals surface area contributed by atoms with E-state index < -0.39 is 5.97 Å². The predicted molar refractivity (Wildman–Crippen MR) is 84.2 cm³/mol. The summed E-state index contributed by atoms with van der Waals surface area (Å²) >= 11 is 0. The molecule has 0 saturated heterocycles. The van der Waals surface area contributed by atoms with Crippen LogP contribution in [0.15, 0.2) is 42.5 Å². The Kier molecular flexibility index (Phi) is 3.92. The Morgan fingerprint density at radius 2 is 1.64 bits per heavy atom. The largest absolute Gasteiger partial charge is 0.465 e. The topological polar surface area (TPSA) is 55.4 Å². The average molecular weight is 295 g/mol. The Bertz CT molecular complexity index is 720. The third-order valence-electron chi connectivity index (χ3n) is 3.92. The molecule has 2 aromatic carbocycles. The molecule has 112 valence electrons. The van der Waals surface area contributed by atoms with E-state index in [1.165, 1.54) is 24.7 Å². The minimum Gasteiger partial charge on any atom is -0.465 e. The quantitative estimate of drug-likeness (QED) is 0.885. The number of methoxy groups -OCH3 is 1. The van der Waals surface area contributed by atoms with E-state index in [1.807, 2.05) is 12.1 Å². The van der Waals surface area contributed by atoms with Crippen molar-refractivity contribution in [3.63, 3.8) is 0 Å². The van der Waals surface area contributed by atoms with Gasteiger partial charge < -0.3 is 10.1 Å². The second-order valence-corrected chi connectivity index (χ2v) is 5.36. The van der Waals surface area contributed by atoms with Gasteiger partial charge in [0.15, 0.2) is 0 Å². The van der Waals surface area contributed by atoms with Crippen molar-refractivity contribution in [3.8, 4) is 0 Å². The summed E-state index contributed by atoms with van der Waals surface area (Å²) in [4.78, 5) is 23.6. The number of ether oxygens (including phenoxy) is 1. The normalized spacial score (nSPS) is 12.6. The van der Waals surface area contributed by atoms with Gasteiger partial charge in [-0.25, -0.2) is 4.79 Å². The van der Waals surface area contributed by atoms with Crippen molar-refractivity contribution in [2.24, 2.45) is 0 Å². The Balaban J connectivity index is 1.73. The summed E-state index contributed by atoms with van der Waals surface area (Å²) in [5.74, 6) is -0.597. The molecule has 0 unspecified atom stereocenters. The lowest BCUT2D eigenvalue weighted by atomic mass is 10.1. The molecule has 0 atom stereocenters. The number of carbonyl (C=O) groups is 2. The van der Waals surface area contributed by atoms with Crippen molar-refractivity contribution >= 4 is 17.6 Å². The van der Waals surface area contributed by atoms with E-state index in [0.717, 1.165) is 18.5 Å². The summed E-state index contributed by atoms with van der Waals surface area (Å²) in [5, 5.41) is 2.90. The number of anilines is 1. The van der Waals surface area contributed by atoms with Crippen molar-refractivity contribution in [1.82, 2.24) is 0 Å². The molecule has 0 radical (unpaired) electrons. The first-order valence-corrected chi connectivity index (χ1v) is 7.29. The van der Waals surface area contributed by atoms with Gasteiger partial charge in [0.1, 0.15) is 0 Å². The van der Waals surface area contributed by atoms with Gasteiger partial charge in [0.25, 0.3) is 5.91 Å². The van der Waals surface area contributed by atoms with Gasteiger partial charge in [0, 0.05) is 11.3 Å². The van der Waals surface area contributed by atoms with E-state index >= 15 is 0 Å². The van der Waals surface area contributed by atoms with Crippen LogP contribution in [0.5, 0.6) is 0 Å². The van der Waals surface area contributed by atoms with E-state index in [4.69, 9.17) is 0 Å². The third-order valence-corrected chi connectivity index (χ3v) is 3.92. The van der Waals surface area contributed by atoms with Crippen LogP contribution in [-0.4, -0.2) is 19.0 Å². The zero-order chi connectivity index (χ0) is 15.5. The molecule has 2 aromatic rings. The molecule has 3 rings (SSSR count). The molecule has 1 amide bonds. The van der Waals surface area contributed by atoms with Crippen LogP contribution in [0.4, 0.5) is 5.69 Å². The molecule has 0 bridgehead atoms. The minimum atomic E-state index is -0.411. The molecular formula is C18H17NO3. The number of hydrogen-bond acceptors (Lipinski definition) is 3. The number of aryl methyl sites for hydroxylation is 2. The Morgan fingerprint density at radius 3 is 2.36 bits per heavy atom. The van der Waals surface area contributed by atoms with Crippen LogP contribution < -0.4 is 5.32 Å². The van der Waals surface area contributed by atoms with E-state index in [0.29, 0.717) is 11.1 Å². The highest BCUT2D eigenvalue weighted by atomic mass is 16.5. The second kappa shape index (κ2) is 6.02. The fraction of sp³-hybridized carbons (Fsp3) is 0.222. The molecule has 4 heteroatoms. The minimum absolute atomic E-state index is 0.186. The lowest BCUT2D eigenvalue weighted by molar-refractivity contribution is 0.0600. The third kappa shape index (κ3) is 2.86. The maximum atomic E-state index is 12.2. The maximum absolute atomic E-state index is 12.2. The molecule has 22 heavy (non-hydrogen) atoms. The number of amides is 1. The molecule has 1 aliphatic carbocycles. The highest BCUT2D eigenvalue weighted by Crippen LogP contribution is 2.25. The standard InChI is InChI=1S/C18H17NO3/c1-22-18(21)14-7-5-13(6-8-14)17(20)19-16-10-9-12-3-2-4-15(12)11-16/h5-11H,2-4H2,1H3,(H,19,20). The van der Waals surface area contributed by atoms with Gasteiger partial charge in [-0.15, -0.1) is 0 Å². The second-order valence-electron chi connectivity index (χ2n) is 5.36. The number of nitrogens with one attached hydrogen (secondary N) is 1. The zero-order valence-corrected chi connectivity index (χ0v) is 12.4. The first-order valence-electron chi connectivity index (χ1n) is 7.29. The van der Waals surface area contributed by atoms with E-state index in [2.05, 4.69) is 16.1 Å². The van der Waals surface area contributed by atoms with Crippen LogP contribution in [0, 0.1) is 0 Å². The fourth-order valence-corrected chi connectivity index (χ4v) is 2.73. The zero-order valence-electron chi connectivity index (χ0n) is 12.4. The van der Waals surface area contributed by atoms with Crippen molar-refractivity contribution < 1.29 is 14.3 Å². The summed E-state index contributed by atoms with van der Waals surface area (Å²) in [6.45, 7) is 0. The highest BCUT2D eigenvalue weighted by molar-refractivity contribution is 6.04. The van der Waals surface area contributed by atoms with E-state index in [9.17, 15) is 9.59 Å². The summed E-state index contributed by atoms with van der Waals surface area (Å²) in [5.41, 5.74) is 4.44. The molecular weight excluding hydrogens is 278 g/mol. The molecule has 1 N–H and O–H groups in total. The van der Waals surface area contributed by atoms with Gasteiger partial charge >= 0.3 is 5.97 Å². The SMILES string of the molecule is COC(=O)c1ccc(C(=O)Nc2ccc3c(c2)CCC3)cc1. The predicted octanol–water partition coefficient (Wildman–Crippen LogP) is 3.21. The fourth-order valence-electron chi connectivity index (χ4n) is 2.73. The molecule has 0 fully saturated rings. The van der Waals surface area contributed by atoms with Crippen LogP contribution in [0.3, 0.4) is 0 Å². The number of hydrogen-bond donors (Lipinski definition) is 1. The Morgan fingerprint density at radius 1 is 0.955 bits per heavy atom.